The zero-order chi connectivity index (χ0) is 18.5. The highest BCUT2D eigenvalue weighted by atomic mass is 16.5. The molecular weight excluding hydrogens is 332 g/mol. The molecule has 2 aromatic carbocycles. The summed E-state index contributed by atoms with van der Waals surface area (Å²) in [6, 6.07) is 15.2. The van der Waals surface area contributed by atoms with Crippen LogP contribution >= 0.6 is 0 Å². The van der Waals surface area contributed by atoms with Crippen molar-refractivity contribution in [1.29, 1.82) is 0 Å². The second-order valence-electron chi connectivity index (χ2n) is 6.36. The molecule has 0 spiro atoms. The standard InChI is InChI=1S/C20H22N2O4/c21-11-5-10-18(19(23)24)22-20(25)26-12-17-15-8-3-1-6-13(15)14-7-2-4-9-16(14)17/h1-4,6-9,17-18H,5,10-12,21H2,(H,22,25)(H,23,24)/p+1/t18-/m0/s1. The molecule has 0 saturated heterocycles. The molecule has 0 aromatic heterocycles. The summed E-state index contributed by atoms with van der Waals surface area (Å²) < 4.78 is 5.37. The minimum atomic E-state index is -1.06. The summed E-state index contributed by atoms with van der Waals surface area (Å²) in [5, 5.41) is 11.6. The van der Waals surface area contributed by atoms with Crippen LogP contribution in [0.3, 0.4) is 0 Å². The van der Waals surface area contributed by atoms with Crippen LogP contribution < -0.4 is 11.1 Å². The highest BCUT2D eigenvalue weighted by Crippen LogP contribution is 2.44. The number of carboxylic acid groups (broad SMARTS) is 1. The number of alkyl carbamates (subject to hydrolysis) is 1. The second kappa shape index (κ2) is 8.01. The van der Waals surface area contributed by atoms with Gasteiger partial charge in [0.2, 0.25) is 0 Å². The SMILES string of the molecule is [NH3+]CCC[C@H](NC(=O)OCC1c2ccccc2-c2ccccc21)C(=O)O. The Morgan fingerprint density at radius 1 is 1.08 bits per heavy atom. The monoisotopic (exact) mass is 355 g/mol. The number of nitrogens with one attached hydrogen (secondary N) is 1. The number of rotatable bonds is 7. The third kappa shape index (κ3) is 3.70. The van der Waals surface area contributed by atoms with Gasteiger partial charge in [0.05, 0.1) is 6.54 Å². The fourth-order valence-corrected chi connectivity index (χ4v) is 3.39. The third-order valence-corrected chi connectivity index (χ3v) is 4.68. The lowest BCUT2D eigenvalue weighted by Gasteiger charge is -2.17. The van der Waals surface area contributed by atoms with Crippen LogP contribution in [0.15, 0.2) is 48.5 Å². The van der Waals surface area contributed by atoms with Gasteiger partial charge in [-0.3, -0.25) is 0 Å². The summed E-state index contributed by atoms with van der Waals surface area (Å²) in [6.07, 6.45) is 0.257. The molecule has 1 atom stereocenters. The molecule has 0 bridgehead atoms. The van der Waals surface area contributed by atoms with E-state index in [0.717, 1.165) is 22.3 Å². The molecule has 0 fully saturated rings. The summed E-state index contributed by atoms with van der Waals surface area (Å²) in [5.74, 6) is -1.11. The summed E-state index contributed by atoms with van der Waals surface area (Å²) in [7, 11) is 0. The van der Waals surface area contributed by atoms with Gasteiger partial charge in [0.15, 0.2) is 0 Å². The highest BCUT2D eigenvalue weighted by Gasteiger charge is 2.29. The first-order valence-electron chi connectivity index (χ1n) is 8.75. The van der Waals surface area contributed by atoms with Gasteiger partial charge in [-0.05, 0) is 35.1 Å². The average Bonchev–Trinajstić information content (AvgIpc) is 2.97. The normalized spacial score (nSPS) is 13.6. The number of ether oxygens (including phenoxy) is 1. The van der Waals surface area contributed by atoms with E-state index in [9.17, 15) is 14.7 Å². The lowest BCUT2D eigenvalue weighted by molar-refractivity contribution is -0.368. The van der Waals surface area contributed by atoms with E-state index in [0.29, 0.717) is 19.4 Å². The lowest BCUT2D eigenvalue weighted by Crippen LogP contribution is -2.51. The first-order valence-corrected chi connectivity index (χ1v) is 8.75. The van der Waals surface area contributed by atoms with Crippen LogP contribution in [-0.2, 0) is 9.53 Å². The number of aliphatic carboxylic acids is 1. The maximum atomic E-state index is 12.1. The van der Waals surface area contributed by atoms with E-state index in [1.165, 1.54) is 0 Å². The number of carbonyl (C=O) groups excluding carboxylic acids is 1. The summed E-state index contributed by atoms with van der Waals surface area (Å²) in [5.41, 5.74) is 8.23. The maximum absolute atomic E-state index is 12.1. The molecule has 136 valence electrons. The van der Waals surface area contributed by atoms with E-state index >= 15 is 0 Å². The van der Waals surface area contributed by atoms with E-state index in [2.05, 4.69) is 23.2 Å². The molecule has 1 amide bonds. The van der Waals surface area contributed by atoms with Gasteiger partial charge in [-0.25, -0.2) is 9.59 Å². The van der Waals surface area contributed by atoms with Gasteiger partial charge >= 0.3 is 12.1 Å². The summed E-state index contributed by atoms with van der Waals surface area (Å²) in [6.45, 7) is 0.789. The van der Waals surface area contributed by atoms with E-state index in [1.54, 1.807) is 0 Å². The predicted molar refractivity (Wildman–Crippen MR) is 96.6 cm³/mol. The Balaban J connectivity index is 1.68. The molecule has 0 aliphatic heterocycles. The van der Waals surface area contributed by atoms with Gasteiger partial charge in [0.1, 0.15) is 12.6 Å². The van der Waals surface area contributed by atoms with Gasteiger partial charge < -0.3 is 20.9 Å². The highest BCUT2D eigenvalue weighted by molar-refractivity contribution is 5.81. The van der Waals surface area contributed by atoms with E-state index in [1.807, 2.05) is 36.4 Å². The molecule has 5 N–H and O–H groups in total. The second-order valence-corrected chi connectivity index (χ2v) is 6.36. The van der Waals surface area contributed by atoms with Crippen molar-refractivity contribution in [3.8, 4) is 11.1 Å². The lowest BCUT2D eigenvalue weighted by atomic mass is 9.98. The van der Waals surface area contributed by atoms with E-state index < -0.39 is 18.1 Å². The fourth-order valence-electron chi connectivity index (χ4n) is 3.39. The van der Waals surface area contributed by atoms with Crippen LogP contribution in [0.2, 0.25) is 0 Å². The molecule has 0 unspecified atom stereocenters. The Kier molecular flexibility index (Phi) is 5.53. The quantitative estimate of drug-likeness (QED) is 0.707. The number of quaternary nitrogens is 1. The van der Waals surface area contributed by atoms with Crippen molar-refractivity contribution in [2.75, 3.05) is 13.2 Å². The minimum absolute atomic E-state index is 0.0451. The summed E-state index contributed by atoms with van der Waals surface area (Å²) >= 11 is 0. The van der Waals surface area contributed by atoms with Crippen LogP contribution in [0.1, 0.15) is 29.9 Å². The third-order valence-electron chi connectivity index (χ3n) is 4.68. The van der Waals surface area contributed by atoms with Crippen molar-refractivity contribution in [1.82, 2.24) is 5.32 Å². The first-order chi connectivity index (χ1) is 12.6. The topological polar surface area (TPSA) is 103 Å². The van der Waals surface area contributed by atoms with E-state index in [4.69, 9.17) is 4.74 Å². The predicted octanol–water partition coefficient (Wildman–Crippen LogP) is 2.00. The van der Waals surface area contributed by atoms with Crippen LogP contribution in [0, 0.1) is 0 Å². The number of carbonyl (C=O) groups is 2. The summed E-state index contributed by atoms with van der Waals surface area (Å²) in [4.78, 5) is 23.3. The molecule has 2 aromatic rings. The van der Waals surface area contributed by atoms with Gasteiger partial charge in [-0.1, -0.05) is 48.5 Å². The molecule has 1 aliphatic rings. The van der Waals surface area contributed by atoms with Gasteiger partial charge in [-0.15, -0.1) is 0 Å². The Morgan fingerprint density at radius 3 is 2.19 bits per heavy atom. The molecule has 26 heavy (non-hydrogen) atoms. The molecule has 0 heterocycles. The molecular formula is C20H23N2O4+. The van der Waals surface area contributed by atoms with Crippen molar-refractivity contribution in [3.05, 3.63) is 59.7 Å². The number of benzene rings is 2. The number of amides is 1. The van der Waals surface area contributed by atoms with Gasteiger partial charge in [0, 0.05) is 5.92 Å². The first kappa shape index (κ1) is 17.9. The van der Waals surface area contributed by atoms with Crippen LogP contribution in [0.4, 0.5) is 4.79 Å². The Hall–Kier alpha value is -2.86. The van der Waals surface area contributed by atoms with Crippen molar-refractivity contribution >= 4 is 12.1 Å². The largest absolute Gasteiger partial charge is 0.480 e. The fraction of sp³-hybridized carbons (Fsp3) is 0.300. The number of hydrogen-bond acceptors (Lipinski definition) is 3. The van der Waals surface area contributed by atoms with Gasteiger partial charge in [0.25, 0.3) is 0 Å². The Morgan fingerprint density at radius 2 is 1.65 bits per heavy atom. The molecule has 3 rings (SSSR count). The van der Waals surface area contributed by atoms with Crippen molar-refractivity contribution in [2.24, 2.45) is 0 Å². The Labute approximate surface area is 152 Å². The van der Waals surface area contributed by atoms with Crippen molar-refractivity contribution in [2.45, 2.75) is 24.8 Å². The number of hydrogen-bond donors (Lipinski definition) is 3. The Bertz CT molecular complexity index is 760. The minimum Gasteiger partial charge on any atom is -0.480 e. The van der Waals surface area contributed by atoms with Crippen LogP contribution in [0.25, 0.3) is 11.1 Å². The molecule has 0 saturated carbocycles. The van der Waals surface area contributed by atoms with E-state index in [-0.39, 0.29) is 12.5 Å². The zero-order valence-corrected chi connectivity index (χ0v) is 14.5. The maximum Gasteiger partial charge on any atom is 0.407 e. The molecule has 6 heteroatoms. The van der Waals surface area contributed by atoms with Crippen LogP contribution in [0.5, 0.6) is 0 Å². The van der Waals surface area contributed by atoms with Gasteiger partial charge in [-0.2, -0.15) is 0 Å². The smallest absolute Gasteiger partial charge is 0.407 e. The number of fused-ring (bicyclic) bond motifs is 3. The zero-order valence-electron chi connectivity index (χ0n) is 14.5. The van der Waals surface area contributed by atoms with Crippen LogP contribution in [-0.4, -0.2) is 36.4 Å². The number of carboxylic acids is 1. The van der Waals surface area contributed by atoms with Crippen molar-refractivity contribution in [3.63, 3.8) is 0 Å². The van der Waals surface area contributed by atoms with Crippen molar-refractivity contribution < 1.29 is 25.2 Å². The molecule has 6 nitrogen and oxygen atoms in total. The average molecular weight is 355 g/mol. The molecule has 0 radical (unpaired) electrons. The molecule has 1 aliphatic carbocycles.